The molecule has 1 saturated carbocycles. The van der Waals surface area contributed by atoms with Gasteiger partial charge in [0.25, 0.3) is 0 Å². The lowest BCUT2D eigenvalue weighted by Crippen LogP contribution is -2.09. The van der Waals surface area contributed by atoms with Gasteiger partial charge in [-0.1, -0.05) is 6.08 Å². The molecule has 0 aliphatic heterocycles. The van der Waals surface area contributed by atoms with Crippen molar-refractivity contribution in [2.45, 2.75) is 51.2 Å². The van der Waals surface area contributed by atoms with Gasteiger partial charge in [-0.05, 0) is 62.9 Å². The second-order valence-electron chi connectivity index (χ2n) is 8.64. The molecule has 1 atom stereocenters. The molecule has 3 heterocycles. The van der Waals surface area contributed by atoms with Crippen molar-refractivity contribution in [2.75, 3.05) is 7.11 Å². The van der Waals surface area contributed by atoms with Crippen LogP contribution >= 0.6 is 0 Å². The van der Waals surface area contributed by atoms with Crippen molar-refractivity contribution in [1.82, 2.24) is 19.1 Å². The number of nitrogens with two attached hydrogens (primary N) is 1. The Morgan fingerprint density at radius 2 is 2.18 bits per heavy atom. The third-order valence-electron chi connectivity index (χ3n) is 6.06. The van der Waals surface area contributed by atoms with Crippen molar-refractivity contribution in [3.05, 3.63) is 60.1 Å². The van der Waals surface area contributed by atoms with Gasteiger partial charge in [0, 0.05) is 26.7 Å². The first-order valence-corrected chi connectivity index (χ1v) is 11.4. The Hall–Kier alpha value is -3.52. The zero-order valence-electron chi connectivity index (χ0n) is 21.2. The van der Waals surface area contributed by atoms with Gasteiger partial charge in [0.05, 0.1) is 29.6 Å². The topological polar surface area (TPSA) is 88.0 Å². The minimum atomic E-state index is -1.84. The Morgan fingerprint density at radius 1 is 1.38 bits per heavy atom. The molecule has 0 bridgehead atoms. The van der Waals surface area contributed by atoms with Gasteiger partial charge in [-0.15, -0.1) is 6.58 Å². The molecule has 0 radical (unpaired) electrons. The Kier molecular flexibility index (Phi) is 5.08. The number of allylic oxidation sites excluding steroid dienone is 1. The van der Waals surface area contributed by atoms with E-state index >= 15 is 4.39 Å². The molecule has 0 saturated heterocycles. The molecule has 1 aliphatic rings. The average Bonchev–Trinajstić information content (AvgIpc) is 3.49. The summed E-state index contributed by atoms with van der Waals surface area (Å²) < 4.78 is 41.4. The van der Waals surface area contributed by atoms with Gasteiger partial charge in [0.2, 0.25) is 0 Å². The molecule has 34 heavy (non-hydrogen) atoms. The number of nitrogens with zero attached hydrogens (tertiary/aromatic N) is 4. The molecule has 1 fully saturated rings. The van der Waals surface area contributed by atoms with Crippen LogP contribution in [0.2, 0.25) is 0 Å². The Labute approximate surface area is 199 Å². The first-order chi connectivity index (χ1) is 17.2. The summed E-state index contributed by atoms with van der Waals surface area (Å²) >= 11 is 0. The number of imidazole rings is 1. The number of benzene rings is 1. The molecule has 8 heteroatoms. The first kappa shape index (κ1) is 19.9. The number of carbonyl (C=O) groups is 1. The maximum Gasteiger partial charge on any atom is 0.338 e. The number of esters is 1. The summed E-state index contributed by atoms with van der Waals surface area (Å²) in [5.74, 6) is -0.801. The van der Waals surface area contributed by atoms with E-state index in [1.165, 1.54) is 17.7 Å². The van der Waals surface area contributed by atoms with E-state index in [9.17, 15) is 4.79 Å². The Bertz CT molecular complexity index is 1500. The van der Waals surface area contributed by atoms with Crippen molar-refractivity contribution in [3.8, 4) is 11.5 Å². The number of halogens is 1. The normalized spacial score (nSPS) is 15.9. The minimum absolute atomic E-state index is 0.0292. The van der Waals surface area contributed by atoms with Gasteiger partial charge in [0.15, 0.2) is 5.82 Å². The van der Waals surface area contributed by atoms with E-state index in [0.29, 0.717) is 34.8 Å². The van der Waals surface area contributed by atoms with Crippen LogP contribution in [-0.4, -0.2) is 32.2 Å². The lowest BCUT2D eigenvalue weighted by atomic mass is 10.2. The zero-order valence-corrected chi connectivity index (χ0v) is 19.2. The van der Waals surface area contributed by atoms with Gasteiger partial charge in [-0.25, -0.2) is 19.2 Å². The number of rotatable bonds is 8. The minimum Gasteiger partial charge on any atom is -0.465 e. The number of carbonyl (C=O) groups excluding carboxylic acids is 1. The number of aromatic nitrogens is 4. The summed E-state index contributed by atoms with van der Waals surface area (Å²) in [6.45, 7) is 3.72. The summed E-state index contributed by atoms with van der Waals surface area (Å²) in [7, 11) is 1.24. The van der Waals surface area contributed by atoms with Crippen LogP contribution in [0, 0.1) is 5.82 Å². The Balaban J connectivity index is 1.82. The number of fused-ring (bicyclic) bond motifs is 2. The molecular formula is C26H28FN5O2. The summed E-state index contributed by atoms with van der Waals surface area (Å²) in [4.78, 5) is 21.6. The monoisotopic (exact) mass is 463 g/mol. The molecule has 1 aromatic carbocycles. The van der Waals surface area contributed by atoms with Gasteiger partial charge in [-0.2, -0.15) is 0 Å². The number of hydrogen-bond donors (Lipinski definition) is 1. The molecule has 1 aliphatic carbocycles. The quantitative estimate of drug-likeness (QED) is 0.283. The molecule has 2 N–H and O–H groups in total. The molecule has 4 aromatic rings. The Morgan fingerprint density at radius 3 is 2.85 bits per heavy atom. The van der Waals surface area contributed by atoms with Crippen molar-refractivity contribution >= 4 is 28.0 Å². The summed E-state index contributed by atoms with van der Waals surface area (Å²) in [5.41, 5.74) is 8.30. The largest absolute Gasteiger partial charge is 0.465 e. The van der Waals surface area contributed by atoms with E-state index < -0.39 is 18.3 Å². The summed E-state index contributed by atoms with van der Waals surface area (Å²) in [5, 5.41) is 0.724. The highest BCUT2D eigenvalue weighted by Gasteiger charge is 2.32. The lowest BCUT2D eigenvalue weighted by molar-refractivity contribution is 0.0600. The van der Waals surface area contributed by atoms with Crippen molar-refractivity contribution < 1.29 is 16.7 Å². The standard InChI is InChI=1S/C26H28FN5O2/c1-4-5-6-11-31-22(14-16-7-10-20(15(2)28)29-24(16)31)25-30-21-13-17(26(33)34-3)12-19(27)23(21)32(25)18-8-9-18/h4,7,10,12-15,18H,1,5-6,8-9,11,28H2,2-3H3/t15-/m1/s1/i11D2. The van der Waals surface area contributed by atoms with E-state index in [2.05, 4.69) is 6.58 Å². The van der Waals surface area contributed by atoms with Gasteiger partial charge in [0.1, 0.15) is 17.0 Å². The zero-order chi connectivity index (χ0) is 25.8. The van der Waals surface area contributed by atoms with Crippen LogP contribution in [0.15, 0.2) is 43.0 Å². The fourth-order valence-electron chi connectivity index (χ4n) is 4.23. The highest BCUT2D eigenvalue weighted by Crippen LogP contribution is 2.43. The lowest BCUT2D eigenvalue weighted by Gasteiger charge is -2.13. The van der Waals surface area contributed by atoms with Crippen LogP contribution in [-0.2, 0) is 11.2 Å². The SMILES string of the molecule is [2H]C([2H])(CCC=C)n1c(-c2nc3cc(C(=O)OC)cc(F)c3n2C2CC2)cc2ccc([C@@H](C)N)nc21. The highest BCUT2D eigenvalue weighted by atomic mass is 19.1. The number of aryl methyl sites for hydroxylation is 1. The molecule has 7 nitrogen and oxygen atoms in total. The van der Waals surface area contributed by atoms with Crippen LogP contribution in [0.4, 0.5) is 4.39 Å². The number of pyridine rings is 1. The van der Waals surface area contributed by atoms with Crippen LogP contribution in [0.25, 0.3) is 33.6 Å². The first-order valence-electron chi connectivity index (χ1n) is 12.4. The molecule has 176 valence electrons. The number of hydrogen-bond acceptors (Lipinski definition) is 5. The molecular weight excluding hydrogens is 433 g/mol. The predicted molar refractivity (Wildman–Crippen MR) is 130 cm³/mol. The van der Waals surface area contributed by atoms with E-state index in [1.54, 1.807) is 6.08 Å². The van der Waals surface area contributed by atoms with Crippen molar-refractivity contribution in [2.24, 2.45) is 5.73 Å². The fourth-order valence-corrected chi connectivity index (χ4v) is 4.23. The summed E-state index contributed by atoms with van der Waals surface area (Å²) in [6.07, 6.45) is 4.00. The molecule has 5 rings (SSSR count). The average molecular weight is 464 g/mol. The van der Waals surface area contributed by atoms with Crippen LogP contribution in [0.5, 0.6) is 0 Å². The van der Waals surface area contributed by atoms with Crippen LogP contribution < -0.4 is 5.73 Å². The highest BCUT2D eigenvalue weighted by molar-refractivity contribution is 5.95. The maximum atomic E-state index is 15.4. The van der Waals surface area contributed by atoms with E-state index in [4.69, 9.17) is 23.2 Å². The second-order valence-corrected chi connectivity index (χ2v) is 8.64. The van der Waals surface area contributed by atoms with Crippen molar-refractivity contribution in [1.29, 1.82) is 0 Å². The molecule has 3 aromatic heterocycles. The van der Waals surface area contributed by atoms with Crippen LogP contribution in [0.3, 0.4) is 0 Å². The van der Waals surface area contributed by atoms with Crippen molar-refractivity contribution in [3.63, 3.8) is 0 Å². The third-order valence-corrected chi connectivity index (χ3v) is 6.06. The maximum absolute atomic E-state index is 15.4. The van der Waals surface area contributed by atoms with E-state index in [0.717, 1.165) is 24.3 Å². The number of methoxy groups -OCH3 is 1. The molecule has 0 unspecified atom stereocenters. The molecule has 0 spiro atoms. The van der Waals surface area contributed by atoms with Crippen LogP contribution in [0.1, 0.15) is 63.5 Å². The van der Waals surface area contributed by atoms with E-state index in [-0.39, 0.29) is 29.6 Å². The van der Waals surface area contributed by atoms with Gasteiger partial charge in [-0.3, -0.25) is 0 Å². The molecule has 0 amide bonds. The number of ether oxygens (including phenoxy) is 1. The smallest absolute Gasteiger partial charge is 0.338 e. The van der Waals surface area contributed by atoms with Gasteiger partial charge < -0.3 is 19.6 Å². The van der Waals surface area contributed by atoms with E-state index in [1.807, 2.05) is 29.7 Å². The second kappa shape index (κ2) is 8.68. The predicted octanol–water partition coefficient (Wildman–Crippen LogP) is 5.30. The third kappa shape index (κ3) is 3.77. The fraction of sp³-hybridized carbons (Fsp3) is 0.346. The summed E-state index contributed by atoms with van der Waals surface area (Å²) in [6, 6.07) is 7.89. The van der Waals surface area contributed by atoms with Gasteiger partial charge >= 0.3 is 5.97 Å².